The SMILES string of the molecule is CCCNCC1CCN(C)C1c1cscn1. The van der Waals surface area contributed by atoms with E-state index >= 15 is 0 Å². The first-order chi connectivity index (χ1) is 7.83. The molecule has 90 valence electrons. The Morgan fingerprint density at radius 1 is 1.62 bits per heavy atom. The predicted molar refractivity (Wildman–Crippen MR) is 68.8 cm³/mol. The number of rotatable bonds is 5. The molecule has 0 saturated carbocycles. The lowest BCUT2D eigenvalue weighted by Crippen LogP contribution is -2.29. The summed E-state index contributed by atoms with van der Waals surface area (Å²) in [5, 5.41) is 5.73. The Morgan fingerprint density at radius 3 is 3.19 bits per heavy atom. The summed E-state index contributed by atoms with van der Waals surface area (Å²) in [5.74, 6) is 0.721. The van der Waals surface area contributed by atoms with Crippen LogP contribution in [0.1, 0.15) is 31.5 Å². The molecule has 1 aromatic heterocycles. The minimum absolute atomic E-state index is 0.524. The van der Waals surface area contributed by atoms with Gasteiger partial charge in [-0.25, -0.2) is 4.98 Å². The average molecular weight is 239 g/mol. The molecule has 16 heavy (non-hydrogen) atoms. The van der Waals surface area contributed by atoms with E-state index in [0.717, 1.165) is 19.0 Å². The van der Waals surface area contributed by atoms with Gasteiger partial charge in [-0.2, -0.15) is 0 Å². The van der Waals surface area contributed by atoms with Gasteiger partial charge < -0.3 is 5.32 Å². The van der Waals surface area contributed by atoms with Crippen LogP contribution in [0.3, 0.4) is 0 Å². The maximum absolute atomic E-state index is 4.48. The zero-order chi connectivity index (χ0) is 11.4. The second-order valence-electron chi connectivity index (χ2n) is 4.59. The maximum atomic E-state index is 4.48. The molecule has 3 nitrogen and oxygen atoms in total. The Kier molecular flexibility index (Phi) is 4.32. The van der Waals surface area contributed by atoms with Crippen LogP contribution in [0.25, 0.3) is 0 Å². The highest BCUT2D eigenvalue weighted by Gasteiger charge is 2.33. The fourth-order valence-electron chi connectivity index (χ4n) is 2.54. The lowest BCUT2D eigenvalue weighted by Gasteiger charge is -2.23. The van der Waals surface area contributed by atoms with Gasteiger partial charge in [0.25, 0.3) is 0 Å². The molecule has 1 fully saturated rings. The minimum Gasteiger partial charge on any atom is -0.316 e. The highest BCUT2D eigenvalue weighted by molar-refractivity contribution is 7.07. The van der Waals surface area contributed by atoms with Crippen LogP contribution in [0.4, 0.5) is 0 Å². The van der Waals surface area contributed by atoms with E-state index in [9.17, 15) is 0 Å². The molecule has 4 heteroatoms. The van der Waals surface area contributed by atoms with E-state index in [-0.39, 0.29) is 0 Å². The van der Waals surface area contributed by atoms with Gasteiger partial charge in [-0.05, 0) is 45.4 Å². The molecule has 0 radical (unpaired) electrons. The van der Waals surface area contributed by atoms with Gasteiger partial charge in [-0.3, -0.25) is 4.90 Å². The van der Waals surface area contributed by atoms with Crippen LogP contribution < -0.4 is 5.32 Å². The molecular formula is C12H21N3S. The van der Waals surface area contributed by atoms with Gasteiger partial charge in [0.05, 0.1) is 17.2 Å². The third-order valence-electron chi connectivity index (χ3n) is 3.36. The molecular weight excluding hydrogens is 218 g/mol. The fourth-order valence-corrected chi connectivity index (χ4v) is 3.12. The van der Waals surface area contributed by atoms with Gasteiger partial charge in [0, 0.05) is 5.38 Å². The smallest absolute Gasteiger partial charge is 0.0795 e. The number of nitrogens with zero attached hydrogens (tertiary/aromatic N) is 2. The summed E-state index contributed by atoms with van der Waals surface area (Å²) in [7, 11) is 2.21. The van der Waals surface area contributed by atoms with Crippen molar-refractivity contribution < 1.29 is 0 Å². The first kappa shape index (κ1) is 12.0. The third kappa shape index (κ3) is 2.62. The van der Waals surface area contributed by atoms with Crippen LogP contribution in [-0.4, -0.2) is 36.6 Å². The number of hydrogen-bond donors (Lipinski definition) is 1. The number of nitrogens with one attached hydrogen (secondary N) is 1. The summed E-state index contributed by atoms with van der Waals surface area (Å²) in [6.07, 6.45) is 2.50. The van der Waals surface area contributed by atoms with Crippen LogP contribution in [0, 0.1) is 5.92 Å². The van der Waals surface area contributed by atoms with E-state index in [1.165, 1.54) is 25.1 Å². The van der Waals surface area contributed by atoms with Gasteiger partial charge in [-0.1, -0.05) is 6.92 Å². The molecule has 2 atom stereocenters. The number of thiazole rings is 1. The zero-order valence-corrected chi connectivity index (χ0v) is 11.0. The Hall–Kier alpha value is -0.450. The first-order valence-corrected chi connectivity index (χ1v) is 7.06. The van der Waals surface area contributed by atoms with Crippen LogP contribution in [0.5, 0.6) is 0 Å². The average Bonchev–Trinajstić information content (AvgIpc) is 2.88. The van der Waals surface area contributed by atoms with Gasteiger partial charge >= 0.3 is 0 Å². The minimum atomic E-state index is 0.524. The second kappa shape index (κ2) is 5.75. The van der Waals surface area contributed by atoms with E-state index in [0.29, 0.717) is 6.04 Å². The molecule has 1 aromatic rings. The number of hydrogen-bond acceptors (Lipinski definition) is 4. The quantitative estimate of drug-likeness (QED) is 0.798. The molecule has 0 spiro atoms. The Balaban J connectivity index is 1.96. The summed E-state index contributed by atoms with van der Waals surface area (Å²) in [4.78, 5) is 6.91. The molecule has 1 saturated heterocycles. The summed E-state index contributed by atoms with van der Waals surface area (Å²) in [5.41, 5.74) is 3.20. The van der Waals surface area contributed by atoms with E-state index < -0.39 is 0 Å². The van der Waals surface area contributed by atoms with E-state index in [2.05, 4.69) is 34.6 Å². The molecule has 1 aliphatic heterocycles. The zero-order valence-electron chi connectivity index (χ0n) is 10.1. The van der Waals surface area contributed by atoms with Gasteiger partial charge in [-0.15, -0.1) is 11.3 Å². The Bertz CT molecular complexity index is 299. The van der Waals surface area contributed by atoms with Crippen molar-refractivity contribution >= 4 is 11.3 Å². The standard InChI is InChI=1S/C12H21N3S/c1-3-5-13-7-10-4-6-15(2)12(10)11-8-16-9-14-11/h8-10,12-13H,3-7H2,1-2H3. The number of aromatic nitrogens is 1. The largest absolute Gasteiger partial charge is 0.316 e. The van der Waals surface area contributed by atoms with Crippen molar-refractivity contribution in [2.75, 3.05) is 26.7 Å². The molecule has 2 heterocycles. The topological polar surface area (TPSA) is 28.2 Å². The van der Waals surface area contributed by atoms with Crippen LogP contribution in [0.2, 0.25) is 0 Å². The van der Waals surface area contributed by atoms with Crippen LogP contribution in [-0.2, 0) is 0 Å². The van der Waals surface area contributed by atoms with Crippen molar-refractivity contribution in [3.63, 3.8) is 0 Å². The van der Waals surface area contributed by atoms with E-state index in [1.54, 1.807) is 11.3 Å². The van der Waals surface area contributed by atoms with Crippen molar-refractivity contribution in [3.05, 3.63) is 16.6 Å². The lowest BCUT2D eigenvalue weighted by atomic mass is 9.98. The number of likely N-dealkylation sites (tertiary alicyclic amines) is 1. The summed E-state index contributed by atoms with van der Waals surface area (Å²) in [6, 6.07) is 0.524. The first-order valence-electron chi connectivity index (χ1n) is 6.12. The predicted octanol–water partition coefficient (Wildman–Crippen LogP) is 2.14. The Labute approximate surface area is 102 Å². The van der Waals surface area contributed by atoms with Crippen molar-refractivity contribution in [2.24, 2.45) is 5.92 Å². The summed E-state index contributed by atoms with van der Waals surface area (Å²) in [6.45, 7) is 5.66. The molecule has 0 aliphatic carbocycles. The van der Waals surface area contributed by atoms with Gasteiger partial charge in [0.1, 0.15) is 0 Å². The second-order valence-corrected chi connectivity index (χ2v) is 5.31. The maximum Gasteiger partial charge on any atom is 0.0795 e. The monoisotopic (exact) mass is 239 g/mol. The normalized spacial score (nSPS) is 26.4. The molecule has 0 amide bonds. The van der Waals surface area contributed by atoms with Crippen molar-refractivity contribution in [1.82, 2.24) is 15.2 Å². The molecule has 0 bridgehead atoms. The van der Waals surface area contributed by atoms with Crippen molar-refractivity contribution in [1.29, 1.82) is 0 Å². The molecule has 0 aromatic carbocycles. The molecule has 2 unspecified atom stereocenters. The summed E-state index contributed by atoms with van der Waals surface area (Å²) >= 11 is 1.70. The van der Waals surface area contributed by atoms with Gasteiger partial charge in [0.2, 0.25) is 0 Å². The molecule has 2 rings (SSSR count). The van der Waals surface area contributed by atoms with Crippen molar-refractivity contribution in [2.45, 2.75) is 25.8 Å². The molecule has 1 N–H and O–H groups in total. The van der Waals surface area contributed by atoms with E-state index in [4.69, 9.17) is 0 Å². The van der Waals surface area contributed by atoms with Crippen LogP contribution >= 0.6 is 11.3 Å². The highest BCUT2D eigenvalue weighted by Crippen LogP contribution is 2.35. The fraction of sp³-hybridized carbons (Fsp3) is 0.750. The van der Waals surface area contributed by atoms with Crippen LogP contribution in [0.15, 0.2) is 10.9 Å². The van der Waals surface area contributed by atoms with Gasteiger partial charge in [0.15, 0.2) is 0 Å². The lowest BCUT2D eigenvalue weighted by molar-refractivity contribution is 0.267. The third-order valence-corrected chi connectivity index (χ3v) is 3.97. The Morgan fingerprint density at radius 2 is 2.50 bits per heavy atom. The van der Waals surface area contributed by atoms with Crippen molar-refractivity contribution in [3.8, 4) is 0 Å². The highest BCUT2D eigenvalue weighted by atomic mass is 32.1. The summed E-state index contributed by atoms with van der Waals surface area (Å²) < 4.78 is 0. The molecule has 1 aliphatic rings. The van der Waals surface area contributed by atoms with E-state index in [1.807, 2.05) is 5.51 Å².